The van der Waals surface area contributed by atoms with Crippen molar-refractivity contribution in [2.24, 2.45) is 23.5 Å². The molecule has 0 saturated heterocycles. The average Bonchev–Trinajstić information content (AvgIpc) is 2.16. The first-order valence-corrected chi connectivity index (χ1v) is 6.38. The zero-order valence-electron chi connectivity index (χ0n) is 10.9. The monoisotopic (exact) mass is 227 g/mol. The van der Waals surface area contributed by atoms with Crippen LogP contribution in [0.5, 0.6) is 0 Å². The fourth-order valence-corrected chi connectivity index (χ4v) is 2.51. The van der Waals surface area contributed by atoms with E-state index < -0.39 is 6.04 Å². The van der Waals surface area contributed by atoms with Gasteiger partial charge in [-0.15, -0.1) is 0 Å². The van der Waals surface area contributed by atoms with Crippen LogP contribution in [0.4, 0.5) is 0 Å². The molecule has 0 spiro atoms. The molecular weight excluding hydrogens is 202 g/mol. The summed E-state index contributed by atoms with van der Waals surface area (Å²) in [6, 6.07) is -0.509. The molecule has 94 valence electrons. The molecule has 0 aliphatic heterocycles. The Hall–Kier alpha value is -0.570. The van der Waals surface area contributed by atoms with Gasteiger partial charge in [-0.3, -0.25) is 4.79 Å². The second kappa shape index (κ2) is 5.67. The molecule has 0 amide bonds. The maximum atomic E-state index is 11.5. The predicted molar refractivity (Wildman–Crippen MR) is 64.9 cm³/mol. The van der Waals surface area contributed by atoms with Gasteiger partial charge in [-0.05, 0) is 37.5 Å². The molecule has 3 heteroatoms. The molecule has 0 radical (unpaired) electrons. The van der Waals surface area contributed by atoms with Gasteiger partial charge in [0, 0.05) is 0 Å². The largest absolute Gasteiger partial charge is 0.461 e. The van der Waals surface area contributed by atoms with Gasteiger partial charge in [0.05, 0.1) is 0 Å². The zero-order valence-corrected chi connectivity index (χ0v) is 10.9. The molecule has 0 aromatic carbocycles. The zero-order chi connectivity index (χ0) is 12.3. The smallest absolute Gasteiger partial charge is 0.322 e. The van der Waals surface area contributed by atoms with E-state index in [1.54, 1.807) is 6.92 Å². The van der Waals surface area contributed by atoms with E-state index in [1.807, 2.05) is 0 Å². The molecule has 1 aliphatic rings. The standard InChI is InChI=1S/C13H25NO2/c1-8(2)11-6-5-9(3)7-12(11)16-13(15)10(4)14/h8-12H,5-7,14H2,1-4H3. The van der Waals surface area contributed by atoms with Crippen molar-refractivity contribution < 1.29 is 9.53 Å². The molecule has 16 heavy (non-hydrogen) atoms. The highest BCUT2D eigenvalue weighted by Gasteiger charge is 2.33. The summed E-state index contributed by atoms with van der Waals surface area (Å²) in [6.45, 7) is 8.31. The van der Waals surface area contributed by atoms with Crippen LogP contribution in [0.1, 0.15) is 47.0 Å². The molecular formula is C13H25NO2. The van der Waals surface area contributed by atoms with Gasteiger partial charge in [0.2, 0.25) is 0 Å². The average molecular weight is 227 g/mol. The molecule has 1 aliphatic carbocycles. The van der Waals surface area contributed by atoms with Crippen LogP contribution in [0, 0.1) is 17.8 Å². The van der Waals surface area contributed by atoms with Crippen molar-refractivity contribution in [3.8, 4) is 0 Å². The molecule has 0 heterocycles. The normalized spacial score (nSPS) is 32.5. The van der Waals surface area contributed by atoms with Gasteiger partial charge >= 0.3 is 5.97 Å². The van der Waals surface area contributed by atoms with E-state index in [0.717, 1.165) is 12.8 Å². The molecule has 1 rings (SSSR count). The molecule has 1 fully saturated rings. The van der Waals surface area contributed by atoms with E-state index in [1.165, 1.54) is 6.42 Å². The molecule has 0 aromatic rings. The van der Waals surface area contributed by atoms with Gasteiger partial charge in [0.25, 0.3) is 0 Å². The number of ether oxygens (including phenoxy) is 1. The lowest BCUT2D eigenvalue weighted by Crippen LogP contribution is -2.39. The van der Waals surface area contributed by atoms with Crippen LogP contribution in [-0.2, 0) is 9.53 Å². The number of carbonyl (C=O) groups excluding carboxylic acids is 1. The summed E-state index contributed by atoms with van der Waals surface area (Å²) >= 11 is 0. The van der Waals surface area contributed by atoms with E-state index in [4.69, 9.17) is 10.5 Å². The van der Waals surface area contributed by atoms with Crippen molar-refractivity contribution in [1.29, 1.82) is 0 Å². The molecule has 3 nitrogen and oxygen atoms in total. The maximum absolute atomic E-state index is 11.5. The topological polar surface area (TPSA) is 52.3 Å². The van der Waals surface area contributed by atoms with E-state index >= 15 is 0 Å². The first kappa shape index (κ1) is 13.5. The minimum atomic E-state index is -0.509. The van der Waals surface area contributed by atoms with E-state index in [-0.39, 0.29) is 12.1 Å². The number of esters is 1. The van der Waals surface area contributed by atoms with Crippen LogP contribution in [0.3, 0.4) is 0 Å². The Morgan fingerprint density at radius 3 is 2.44 bits per heavy atom. The summed E-state index contributed by atoms with van der Waals surface area (Å²) in [5.74, 6) is 1.46. The van der Waals surface area contributed by atoms with Crippen molar-refractivity contribution in [2.75, 3.05) is 0 Å². The SMILES string of the molecule is CC1CCC(C(C)C)C(OC(=O)C(C)N)C1. The lowest BCUT2D eigenvalue weighted by atomic mass is 9.75. The van der Waals surface area contributed by atoms with Crippen LogP contribution in [0.25, 0.3) is 0 Å². The number of rotatable bonds is 3. The fraction of sp³-hybridized carbons (Fsp3) is 0.923. The van der Waals surface area contributed by atoms with E-state index in [0.29, 0.717) is 17.8 Å². The Morgan fingerprint density at radius 2 is 1.94 bits per heavy atom. The summed E-state index contributed by atoms with van der Waals surface area (Å²) in [5, 5.41) is 0. The highest BCUT2D eigenvalue weighted by Crippen LogP contribution is 2.35. The Morgan fingerprint density at radius 1 is 1.31 bits per heavy atom. The predicted octanol–water partition coefficient (Wildman–Crippen LogP) is 2.34. The number of hydrogen-bond acceptors (Lipinski definition) is 3. The van der Waals surface area contributed by atoms with Crippen LogP contribution < -0.4 is 5.73 Å². The fourth-order valence-electron chi connectivity index (χ4n) is 2.51. The first-order valence-electron chi connectivity index (χ1n) is 6.38. The minimum absolute atomic E-state index is 0.0715. The van der Waals surface area contributed by atoms with Gasteiger partial charge < -0.3 is 10.5 Å². The number of hydrogen-bond donors (Lipinski definition) is 1. The van der Waals surface area contributed by atoms with Crippen LogP contribution >= 0.6 is 0 Å². The van der Waals surface area contributed by atoms with Crippen molar-refractivity contribution in [2.45, 2.75) is 59.1 Å². The lowest BCUT2D eigenvalue weighted by Gasteiger charge is -2.37. The van der Waals surface area contributed by atoms with Gasteiger partial charge in [-0.25, -0.2) is 0 Å². The third kappa shape index (κ3) is 3.48. The number of carbonyl (C=O) groups is 1. The Balaban J connectivity index is 2.61. The highest BCUT2D eigenvalue weighted by atomic mass is 16.5. The molecule has 0 aromatic heterocycles. The minimum Gasteiger partial charge on any atom is -0.461 e. The molecule has 4 unspecified atom stereocenters. The quantitative estimate of drug-likeness (QED) is 0.753. The molecule has 4 atom stereocenters. The van der Waals surface area contributed by atoms with Crippen LogP contribution in [-0.4, -0.2) is 18.1 Å². The van der Waals surface area contributed by atoms with Crippen molar-refractivity contribution in [3.63, 3.8) is 0 Å². The van der Waals surface area contributed by atoms with Crippen molar-refractivity contribution >= 4 is 5.97 Å². The van der Waals surface area contributed by atoms with Crippen LogP contribution in [0.2, 0.25) is 0 Å². The third-order valence-electron chi connectivity index (χ3n) is 3.60. The summed E-state index contributed by atoms with van der Waals surface area (Å²) in [6.07, 6.45) is 3.47. The molecule has 1 saturated carbocycles. The summed E-state index contributed by atoms with van der Waals surface area (Å²) in [4.78, 5) is 11.5. The van der Waals surface area contributed by atoms with Crippen LogP contribution in [0.15, 0.2) is 0 Å². The second-order valence-corrected chi connectivity index (χ2v) is 5.59. The molecule has 0 bridgehead atoms. The van der Waals surface area contributed by atoms with E-state index in [2.05, 4.69) is 20.8 Å². The summed E-state index contributed by atoms with van der Waals surface area (Å²) in [5.41, 5.74) is 5.53. The second-order valence-electron chi connectivity index (χ2n) is 5.59. The van der Waals surface area contributed by atoms with Gasteiger partial charge in [-0.1, -0.05) is 27.2 Å². The highest BCUT2D eigenvalue weighted by molar-refractivity contribution is 5.75. The van der Waals surface area contributed by atoms with Gasteiger partial charge in [-0.2, -0.15) is 0 Å². The van der Waals surface area contributed by atoms with Gasteiger partial charge in [0.15, 0.2) is 0 Å². The Labute approximate surface area is 98.7 Å². The Bertz CT molecular complexity index is 238. The third-order valence-corrected chi connectivity index (χ3v) is 3.60. The van der Waals surface area contributed by atoms with E-state index in [9.17, 15) is 4.79 Å². The maximum Gasteiger partial charge on any atom is 0.322 e. The first-order chi connectivity index (χ1) is 7.41. The Kier molecular flexibility index (Phi) is 4.78. The van der Waals surface area contributed by atoms with Crippen molar-refractivity contribution in [1.82, 2.24) is 0 Å². The lowest BCUT2D eigenvalue weighted by molar-refractivity contribution is -0.157. The summed E-state index contributed by atoms with van der Waals surface area (Å²) in [7, 11) is 0. The van der Waals surface area contributed by atoms with Gasteiger partial charge in [0.1, 0.15) is 12.1 Å². The van der Waals surface area contributed by atoms with Crippen molar-refractivity contribution in [3.05, 3.63) is 0 Å². The molecule has 2 N–H and O–H groups in total. The summed E-state index contributed by atoms with van der Waals surface area (Å²) < 4.78 is 5.53. The number of nitrogens with two attached hydrogens (primary N) is 1.